The van der Waals surface area contributed by atoms with E-state index in [1.54, 1.807) is 14.2 Å². The Kier molecular flexibility index (Phi) is 7.95. The van der Waals surface area contributed by atoms with Crippen LogP contribution >= 0.6 is 12.2 Å². The van der Waals surface area contributed by atoms with Gasteiger partial charge in [0.1, 0.15) is 0 Å². The zero-order chi connectivity index (χ0) is 24.2. The zero-order valence-electron chi connectivity index (χ0n) is 21.2. The molecule has 0 bridgehead atoms. The van der Waals surface area contributed by atoms with Crippen LogP contribution in [0.2, 0.25) is 0 Å². The Morgan fingerprint density at radius 2 is 1.85 bits per heavy atom. The highest BCUT2D eigenvalue weighted by molar-refractivity contribution is 7.79. The molecule has 2 atom stereocenters. The van der Waals surface area contributed by atoms with E-state index in [0.29, 0.717) is 11.8 Å². The standard InChI is InChI=1S/C29H38N2O2S/c1-6-21-15-24(22-11-13-30(3)14-12-22)18-31-25(19-34)17-26(20(2)7-9-27(21)31)23-8-10-28(32-4)29(16-23)33-5/h8-10,15-20,22,26H,6-7,11-14H2,1-5H3/b25-17-,27-9?. The molecule has 4 rings (SSSR count). The Labute approximate surface area is 210 Å². The summed E-state index contributed by atoms with van der Waals surface area (Å²) in [5.74, 6) is 2.78. The lowest BCUT2D eigenvalue weighted by Gasteiger charge is -2.37. The van der Waals surface area contributed by atoms with E-state index in [-0.39, 0.29) is 5.92 Å². The molecule has 0 amide bonds. The summed E-state index contributed by atoms with van der Waals surface area (Å²) in [6.45, 7) is 6.91. The third kappa shape index (κ3) is 5.01. The highest BCUT2D eigenvalue weighted by Gasteiger charge is 2.29. The van der Waals surface area contributed by atoms with Crippen LogP contribution in [0, 0.1) is 11.8 Å². The van der Waals surface area contributed by atoms with Crippen molar-refractivity contribution >= 4 is 17.6 Å². The maximum Gasteiger partial charge on any atom is 0.161 e. The second kappa shape index (κ2) is 10.9. The van der Waals surface area contributed by atoms with Crippen LogP contribution in [0.1, 0.15) is 51.0 Å². The zero-order valence-corrected chi connectivity index (χ0v) is 22.0. The average molecular weight is 479 g/mol. The molecule has 0 aromatic heterocycles. The van der Waals surface area contributed by atoms with Crippen molar-refractivity contribution in [1.82, 2.24) is 9.80 Å². The molecular weight excluding hydrogens is 440 g/mol. The summed E-state index contributed by atoms with van der Waals surface area (Å²) in [5.41, 5.74) is 6.46. The lowest BCUT2D eigenvalue weighted by Crippen LogP contribution is -2.32. The minimum Gasteiger partial charge on any atom is -0.493 e. The number of rotatable bonds is 6. The first-order chi connectivity index (χ1) is 16.5. The maximum atomic E-state index is 5.60. The largest absolute Gasteiger partial charge is 0.493 e. The van der Waals surface area contributed by atoms with Gasteiger partial charge in [0.25, 0.3) is 0 Å². The summed E-state index contributed by atoms with van der Waals surface area (Å²) in [5, 5.41) is 1.85. The van der Waals surface area contributed by atoms with Gasteiger partial charge < -0.3 is 19.3 Å². The molecule has 3 heterocycles. The molecule has 1 aromatic rings. The third-order valence-electron chi connectivity index (χ3n) is 7.62. The monoisotopic (exact) mass is 478 g/mol. The van der Waals surface area contributed by atoms with Gasteiger partial charge in [-0.3, -0.25) is 0 Å². The van der Waals surface area contributed by atoms with Gasteiger partial charge >= 0.3 is 0 Å². The predicted octanol–water partition coefficient (Wildman–Crippen LogP) is 6.47. The third-order valence-corrected chi connectivity index (χ3v) is 7.86. The first-order valence-electron chi connectivity index (χ1n) is 12.5. The predicted molar refractivity (Wildman–Crippen MR) is 144 cm³/mol. The van der Waals surface area contributed by atoms with Gasteiger partial charge in [-0.2, -0.15) is 0 Å². The molecule has 1 aromatic carbocycles. The van der Waals surface area contributed by atoms with Crippen LogP contribution < -0.4 is 9.47 Å². The van der Waals surface area contributed by atoms with E-state index in [2.05, 4.69) is 67.3 Å². The molecule has 2 unspecified atom stereocenters. The van der Waals surface area contributed by atoms with Crippen molar-refractivity contribution in [2.45, 2.75) is 45.4 Å². The van der Waals surface area contributed by atoms with E-state index in [9.17, 15) is 0 Å². The lowest BCUT2D eigenvalue weighted by atomic mass is 9.81. The van der Waals surface area contributed by atoms with Gasteiger partial charge in [0.05, 0.1) is 19.9 Å². The van der Waals surface area contributed by atoms with E-state index < -0.39 is 0 Å². The highest BCUT2D eigenvalue weighted by Crippen LogP contribution is 2.41. The van der Waals surface area contributed by atoms with Gasteiger partial charge in [-0.25, -0.2) is 0 Å². The van der Waals surface area contributed by atoms with Crippen LogP contribution in [0.3, 0.4) is 0 Å². The summed E-state index contributed by atoms with van der Waals surface area (Å²) in [6, 6.07) is 6.26. The van der Waals surface area contributed by atoms with Gasteiger partial charge in [-0.05, 0) is 86.5 Å². The van der Waals surface area contributed by atoms with E-state index in [1.165, 1.54) is 35.2 Å². The van der Waals surface area contributed by atoms with Crippen LogP contribution in [-0.2, 0) is 0 Å². The van der Waals surface area contributed by atoms with Crippen LogP contribution in [-0.4, -0.2) is 49.5 Å². The van der Waals surface area contributed by atoms with Crippen LogP contribution in [0.15, 0.2) is 65.2 Å². The minimum atomic E-state index is 0.225. The van der Waals surface area contributed by atoms with E-state index in [1.807, 2.05) is 11.4 Å². The fourth-order valence-corrected chi connectivity index (χ4v) is 5.62. The summed E-state index contributed by atoms with van der Waals surface area (Å²) >= 11 is 5.60. The van der Waals surface area contributed by atoms with E-state index in [0.717, 1.165) is 43.1 Å². The Balaban J connectivity index is 1.74. The molecule has 3 aliphatic heterocycles. The van der Waals surface area contributed by atoms with Gasteiger partial charge in [0, 0.05) is 23.2 Å². The van der Waals surface area contributed by atoms with Crippen LogP contribution in [0.5, 0.6) is 11.5 Å². The first-order valence-corrected chi connectivity index (χ1v) is 13.0. The molecular formula is C29H38N2O2S. The molecule has 0 N–H and O–H groups in total. The molecule has 0 saturated carbocycles. The number of piperidine rings is 1. The van der Waals surface area contributed by atoms with Crippen molar-refractivity contribution in [3.05, 3.63) is 70.7 Å². The van der Waals surface area contributed by atoms with Gasteiger partial charge in [-0.15, -0.1) is 0 Å². The number of nitrogens with zero attached hydrogens (tertiary/aromatic N) is 2. The molecule has 0 radical (unpaired) electrons. The summed E-state index contributed by atoms with van der Waals surface area (Å²) in [7, 11) is 5.59. The molecule has 1 fully saturated rings. The number of allylic oxidation sites excluding steroid dienone is 6. The normalized spacial score (nSPS) is 25.6. The van der Waals surface area contributed by atoms with Crippen LogP contribution in [0.4, 0.5) is 0 Å². The smallest absolute Gasteiger partial charge is 0.161 e. The Morgan fingerprint density at radius 3 is 2.50 bits per heavy atom. The van der Waals surface area contributed by atoms with Gasteiger partial charge in [0.2, 0.25) is 0 Å². The molecule has 5 heteroatoms. The molecule has 34 heavy (non-hydrogen) atoms. The molecule has 1 saturated heterocycles. The first kappa shape index (κ1) is 24.7. The van der Waals surface area contributed by atoms with Crippen molar-refractivity contribution in [3.63, 3.8) is 0 Å². The number of likely N-dealkylation sites (tertiary alicyclic amines) is 1. The average Bonchev–Trinajstić information content (AvgIpc) is 2.86. The van der Waals surface area contributed by atoms with Gasteiger partial charge in [0.15, 0.2) is 11.5 Å². The number of fused-ring (bicyclic) bond motifs is 1. The van der Waals surface area contributed by atoms with E-state index in [4.69, 9.17) is 21.7 Å². The summed E-state index contributed by atoms with van der Waals surface area (Å²) in [6.07, 6.45) is 14.0. The number of benzene rings is 1. The Hall–Kier alpha value is -2.37. The topological polar surface area (TPSA) is 24.9 Å². The molecule has 0 aliphatic carbocycles. The fourth-order valence-electron chi connectivity index (χ4n) is 5.43. The summed E-state index contributed by atoms with van der Waals surface area (Å²) < 4.78 is 11.1. The van der Waals surface area contributed by atoms with Crippen molar-refractivity contribution in [1.29, 1.82) is 0 Å². The quantitative estimate of drug-likeness (QED) is 0.436. The van der Waals surface area contributed by atoms with Crippen LogP contribution in [0.25, 0.3) is 0 Å². The summed E-state index contributed by atoms with van der Waals surface area (Å²) in [4.78, 5) is 4.79. The van der Waals surface area contributed by atoms with Crippen molar-refractivity contribution in [2.75, 3.05) is 34.4 Å². The van der Waals surface area contributed by atoms with E-state index >= 15 is 0 Å². The second-order valence-corrected chi connectivity index (χ2v) is 9.99. The Morgan fingerprint density at radius 1 is 1.12 bits per heavy atom. The number of hydrogen-bond acceptors (Lipinski definition) is 5. The molecule has 182 valence electrons. The number of hydrogen-bond donors (Lipinski definition) is 0. The SMILES string of the molecule is CCC1=CC(C2CCN(C)CC2)=CN2C1=CCC(C)C(c1ccc(OC)c(OC)c1)/C=C\2C=S. The van der Waals surface area contributed by atoms with Gasteiger partial charge in [-0.1, -0.05) is 50.4 Å². The van der Waals surface area contributed by atoms with Crippen molar-refractivity contribution < 1.29 is 9.47 Å². The highest BCUT2D eigenvalue weighted by atomic mass is 32.1. The Bertz CT molecular complexity index is 1030. The fraction of sp³-hybridized carbons (Fsp3) is 0.483. The molecule has 3 aliphatic rings. The number of methoxy groups -OCH3 is 2. The lowest BCUT2D eigenvalue weighted by molar-refractivity contribution is 0.238. The second-order valence-electron chi connectivity index (χ2n) is 9.75. The molecule has 0 spiro atoms. The molecule has 4 nitrogen and oxygen atoms in total. The number of ether oxygens (including phenoxy) is 2. The van der Waals surface area contributed by atoms with Crippen molar-refractivity contribution in [3.8, 4) is 11.5 Å². The minimum absolute atomic E-state index is 0.225. The maximum absolute atomic E-state index is 5.60. The van der Waals surface area contributed by atoms with Crippen molar-refractivity contribution in [2.24, 2.45) is 11.8 Å². The number of thiocarbonyl (C=S) groups is 1.